The number of benzene rings is 1. The van der Waals surface area contributed by atoms with Crippen LogP contribution in [0.1, 0.15) is 18.0 Å². The number of hydrogen-bond acceptors (Lipinski definition) is 4. The Hall–Kier alpha value is -0.490. The number of thiazole rings is 1. The smallest absolute Gasteiger partial charge is 0.113 e. The molecular weight excluding hydrogens is 276 g/mol. The average molecular weight is 287 g/mol. The van der Waals surface area contributed by atoms with Gasteiger partial charge in [0.05, 0.1) is 22.4 Å². The van der Waals surface area contributed by atoms with E-state index >= 15 is 0 Å². The van der Waals surface area contributed by atoms with Crippen molar-refractivity contribution in [3.8, 4) is 0 Å². The van der Waals surface area contributed by atoms with Crippen LogP contribution >= 0.6 is 27.3 Å². The van der Waals surface area contributed by atoms with E-state index in [2.05, 4.69) is 20.9 Å². The van der Waals surface area contributed by atoms with Gasteiger partial charge in [-0.2, -0.15) is 0 Å². The van der Waals surface area contributed by atoms with Crippen molar-refractivity contribution in [3.63, 3.8) is 0 Å². The molecule has 0 amide bonds. The first-order chi connectivity index (χ1) is 7.08. The van der Waals surface area contributed by atoms with Crippen LogP contribution in [0.25, 0.3) is 10.2 Å². The SMILES string of the molecule is CC(O)C(N)c1nc2cc(Br)ccc2s1. The number of aliphatic hydroxyl groups excluding tert-OH is 1. The molecule has 2 rings (SSSR count). The maximum Gasteiger partial charge on any atom is 0.113 e. The van der Waals surface area contributed by atoms with Gasteiger partial charge in [-0.15, -0.1) is 11.3 Å². The lowest BCUT2D eigenvalue weighted by Gasteiger charge is -2.10. The lowest BCUT2D eigenvalue weighted by molar-refractivity contribution is 0.164. The standard InChI is InChI=1S/C10H11BrN2OS/c1-5(14)9(12)10-13-7-4-6(11)2-3-8(7)15-10/h2-5,9,14H,12H2,1H3. The fraction of sp³-hybridized carbons (Fsp3) is 0.300. The summed E-state index contributed by atoms with van der Waals surface area (Å²) in [6.07, 6.45) is -0.575. The van der Waals surface area contributed by atoms with Gasteiger partial charge in [-0.05, 0) is 25.1 Å². The van der Waals surface area contributed by atoms with Crippen LogP contribution in [0, 0.1) is 0 Å². The molecule has 5 heteroatoms. The lowest BCUT2D eigenvalue weighted by atomic mass is 10.2. The minimum absolute atomic E-state index is 0.402. The van der Waals surface area contributed by atoms with Gasteiger partial charge in [-0.3, -0.25) is 0 Å². The van der Waals surface area contributed by atoms with E-state index in [-0.39, 0.29) is 0 Å². The predicted molar refractivity (Wildman–Crippen MR) is 65.9 cm³/mol. The van der Waals surface area contributed by atoms with Crippen LogP contribution in [0.3, 0.4) is 0 Å². The molecule has 3 nitrogen and oxygen atoms in total. The van der Waals surface area contributed by atoms with E-state index in [9.17, 15) is 5.11 Å². The topological polar surface area (TPSA) is 59.1 Å². The van der Waals surface area contributed by atoms with E-state index in [0.29, 0.717) is 0 Å². The molecule has 3 N–H and O–H groups in total. The van der Waals surface area contributed by atoms with Crippen molar-refractivity contribution in [2.45, 2.75) is 19.1 Å². The Morgan fingerprint density at radius 1 is 1.53 bits per heavy atom. The number of aromatic nitrogens is 1. The van der Waals surface area contributed by atoms with Gasteiger partial charge in [0, 0.05) is 4.47 Å². The second kappa shape index (κ2) is 4.17. The summed E-state index contributed by atoms with van der Waals surface area (Å²) in [7, 11) is 0. The maximum atomic E-state index is 9.39. The fourth-order valence-electron chi connectivity index (χ4n) is 1.27. The summed E-state index contributed by atoms with van der Waals surface area (Å²) >= 11 is 4.92. The monoisotopic (exact) mass is 286 g/mol. The highest BCUT2D eigenvalue weighted by atomic mass is 79.9. The van der Waals surface area contributed by atoms with Crippen molar-refractivity contribution in [2.75, 3.05) is 0 Å². The van der Waals surface area contributed by atoms with Gasteiger partial charge in [0.2, 0.25) is 0 Å². The first-order valence-corrected chi connectivity index (χ1v) is 6.18. The van der Waals surface area contributed by atoms with Crippen molar-refractivity contribution in [3.05, 3.63) is 27.7 Å². The number of rotatable bonds is 2. The van der Waals surface area contributed by atoms with E-state index in [1.165, 1.54) is 11.3 Å². The molecule has 0 aliphatic heterocycles. The van der Waals surface area contributed by atoms with Crippen LogP contribution in [0.2, 0.25) is 0 Å². The Kier molecular flexibility index (Phi) is 3.06. The molecular formula is C10H11BrN2OS. The van der Waals surface area contributed by atoms with Crippen LogP contribution in [-0.2, 0) is 0 Å². The summed E-state index contributed by atoms with van der Waals surface area (Å²) < 4.78 is 2.08. The third-order valence-electron chi connectivity index (χ3n) is 2.17. The van der Waals surface area contributed by atoms with Crippen molar-refractivity contribution in [2.24, 2.45) is 5.73 Å². The molecule has 2 atom stereocenters. The summed E-state index contributed by atoms with van der Waals surface area (Å²) in [6.45, 7) is 1.67. The summed E-state index contributed by atoms with van der Waals surface area (Å²) in [6, 6.07) is 5.51. The van der Waals surface area contributed by atoms with Crippen LogP contribution in [-0.4, -0.2) is 16.2 Å². The molecule has 0 spiro atoms. The molecule has 2 unspecified atom stereocenters. The van der Waals surface area contributed by atoms with Crippen LogP contribution in [0.4, 0.5) is 0 Å². The largest absolute Gasteiger partial charge is 0.391 e. The molecule has 0 fully saturated rings. The minimum Gasteiger partial charge on any atom is -0.391 e. The molecule has 0 radical (unpaired) electrons. The molecule has 0 bridgehead atoms. The minimum atomic E-state index is -0.575. The number of nitrogens with two attached hydrogens (primary N) is 1. The zero-order valence-corrected chi connectivity index (χ0v) is 10.5. The highest BCUT2D eigenvalue weighted by molar-refractivity contribution is 9.10. The molecule has 1 aromatic heterocycles. The second-order valence-electron chi connectivity index (χ2n) is 3.43. The molecule has 0 saturated heterocycles. The zero-order chi connectivity index (χ0) is 11.0. The summed E-state index contributed by atoms with van der Waals surface area (Å²) in [4.78, 5) is 4.40. The third-order valence-corrected chi connectivity index (χ3v) is 3.80. The lowest BCUT2D eigenvalue weighted by Crippen LogP contribution is -2.22. The highest BCUT2D eigenvalue weighted by Crippen LogP contribution is 2.28. The van der Waals surface area contributed by atoms with Crippen LogP contribution in [0.5, 0.6) is 0 Å². The quantitative estimate of drug-likeness (QED) is 0.892. The second-order valence-corrected chi connectivity index (χ2v) is 5.41. The first kappa shape index (κ1) is 11.0. The van der Waals surface area contributed by atoms with Gasteiger partial charge >= 0.3 is 0 Å². The Labute approximate surface area is 100 Å². The van der Waals surface area contributed by atoms with Gasteiger partial charge in [-0.25, -0.2) is 4.98 Å². The highest BCUT2D eigenvalue weighted by Gasteiger charge is 2.16. The van der Waals surface area contributed by atoms with Gasteiger partial charge in [-0.1, -0.05) is 15.9 Å². The maximum absolute atomic E-state index is 9.39. The summed E-state index contributed by atoms with van der Waals surface area (Å²) in [5.74, 6) is 0. The van der Waals surface area contributed by atoms with Crippen LogP contribution < -0.4 is 5.73 Å². The number of aliphatic hydroxyl groups is 1. The van der Waals surface area contributed by atoms with E-state index in [1.807, 2.05) is 18.2 Å². The van der Waals surface area contributed by atoms with Crippen molar-refractivity contribution < 1.29 is 5.11 Å². The van der Waals surface area contributed by atoms with Crippen molar-refractivity contribution in [1.29, 1.82) is 0 Å². The van der Waals surface area contributed by atoms with Gasteiger partial charge in [0.25, 0.3) is 0 Å². The Balaban J connectivity index is 2.47. The van der Waals surface area contributed by atoms with E-state index < -0.39 is 12.1 Å². The molecule has 0 aliphatic rings. The number of hydrogen-bond donors (Lipinski definition) is 2. The average Bonchev–Trinajstić information content (AvgIpc) is 2.58. The summed E-state index contributed by atoms with van der Waals surface area (Å²) in [5, 5.41) is 10.2. The van der Waals surface area contributed by atoms with Crippen molar-refractivity contribution in [1.82, 2.24) is 4.98 Å². The molecule has 0 aliphatic carbocycles. The molecule has 1 aromatic carbocycles. The molecule has 2 aromatic rings. The van der Waals surface area contributed by atoms with E-state index in [1.54, 1.807) is 6.92 Å². The van der Waals surface area contributed by atoms with Crippen LogP contribution in [0.15, 0.2) is 22.7 Å². The Bertz CT molecular complexity index is 483. The molecule has 80 valence electrons. The number of fused-ring (bicyclic) bond motifs is 1. The molecule has 15 heavy (non-hydrogen) atoms. The van der Waals surface area contributed by atoms with Gasteiger partial charge in [0.15, 0.2) is 0 Å². The molecule has 0 saturated carbocycles. The fourth-order valence-corrected chi connectivity index (χ4v) is 2.66. The van der Waals surface area contributed by atoms with Gasteiger partial charge in [0.1, 0.15) is 5.01 Å². The van der Waals surface area contributed by atoms with Crippen molar-refractivity contribution >= 4 is 37.5 Å². The normalized spacial score (nSPS) is 15.5. The third kappa shape index (κ3) is 2.20. The number of nitrogens with zero attached hydrogens (tertiary/aromatic N) is 1. The Morgan fingerprint density at radius 3 is 2.93 bits per heavy atom. The van der Waals surface area contributed by atoms with Gasteiger partial charge < -0.3 is 10.8 Å². The summed E-state index contributed by atoms with van der Waals surface area (Å²) in [5.41, 5.74) is 6.74. The molecule has 1 heterocycles. The zero-order valence-electron chi connectivity index (χ0n) is 8.14. The van der Waals surface area contributed by atoms with E-state index in [4.69, 9.17) is 5.73 Å². The Morgan fingerprint density at radius 2 is 2.27 bits per heavy atom. The first-order valence-electron chi connectivity index (χ1n) is 4.57. The van der Waals surface area contributed by atoms with E-state index in [0.717, 1.165) is 19.7 Å². The predicted octanol–water partition coefficient (Wildman–Crippen LogP) is 2.44. The number of halogens is 1.